The molecule has 0 heterocycles. The van der Waals surface area contributed by atoms with Crippen molar-refractivity contribution in [3.8, 4) is 0 Å². The normalized spacial score (nSPS) is 12.0. The third kappa shape index (κ3) is 12.1. The quantitative estimate of drug-likeness (QED) is 0.486. The lowest BCUT2D eigenvalue weighted by molar-refractivity contribution is 0.234. The van der Waals surface area contributed by atoms with Gasteiger partial charge in [0, 0.05) is 6.61 Å². The summed E-state index contributed by atoms with van der Waals surface area (Å²) in [5.74, 6) is 0. The number of hydrogen-bond donors (Lipinski definition) is 1. The lowest BCUT2D eigenvalue weighted by Crippen LogP contribution is -2.30. The molecule has 0 saturated heterocycles. The predicted octanol–water partition coefficient (Wildman–Crippen LogP) is 3.06. The van der Waals surface area contributed by atoms with Crippen molar-refractivity contribution >= 4 is 8.56 Å². The fourth-order valence-electron chi connectivity index (χ4n) is 1.20. The van der Waals surface area contributed by atoms with Crippen molar-refractivity contribution in [2.75, 3.05) is 6.61 Å². The molecule has 80 valence electrons. The van der Waals surface area contributed by atoms with Gasteiger partial charge in [-0.05, 0) is 19.5 Å². The van der Waals surface area contributed by atoms with Crippen LogP contribution >= 0.6 is 0 Å². The molecule has 0 atom stereocenters. The molecule has 0 radical (unpaired) electrons. The van der Waals surface area contributed by atoms with Crippen LogP contribution < -0.4 is 0 Å². The summed E-state index contributed by atoms with van der Waals surface area (Å²) in [6.07, 6.45) is 7.64. The molecule has 0 amide bonds. The van der Waals surface area contributed by atoms with E-state index in [1.807, 2.05) is 13.1 Å². The van der Waals surface area contributed by atoms with E-state index in [4.69, 9.17) is 4.43 Å². The summed E-state index contributed by atoms with van der Waals surface area (Å²) in [4.78, 5) is 9.38. The highest BCUT2D eigenvalue weighted by atomic mass is 28.4. The highest BCUT2D eigenvalue weighted by Gasteiger charge is 2.17. The van der Waals surface area contributed by atoms with Crippen LogP contribution in [0.1, 0.15) is 45.4 Å². The van der Waals surface area contributed by atoms with Gasteiger partial charge in [-0.3, -0.25) is 0 Å². The van der Waals surface area contributed by atoms with Crippen LogP contribution in [0.3, 0.4) is 0 Å². The van der Waals surface area contributed by atoms with Crippen molar-refractivity contribution in [1.82, 2.24) is 0 Å². The molecule has 3 heteroatoms. The molecule has 0 aliphatic rings. The maximum absolute atomic E-state index is 9.38. The molecule has 1 N–H and O–H groups in total. The van der Waals surface area contributed by atoms with Gasteiger partial charge in [0.25, 0.3) is 0 Å². The van der Waals surface area contributed by atoms with Crippen molar-refractivity contribution in [3.63, 3.8) is 0 Å². The minimum Gasteiger partial charge on any atom is -0.411 e. The van der Waals surface area contributed by atoms with E-state index < -0.39 is 8.56 Å². The first-order chi connectivity index (χ1) is 6.06. The van der Waals surface area contributed by atoms with Crippen LogP contribution in [0.2, 0.25) is 13.1 Å². The molecular weight excluding hydrogens is 180 g/mol. The lowest BCUT2D eigenvalue weighted by Gasteiger charge is -2.14. The van der Waals surface area contributed by atoms with Gasteiger partial charge in [0.15, 0.2) is 0 Å². The minimum absolute atomic E-state index is 0.738. The van der Waals surface area contributed by atoms with E-state index in [2.05, 4.69) is 6.92 Å². The SMILES string of the molecule is CCCCCCCCO[Si](C)(C)O. The summed E-state index contributed by atoms with van der Waals surface area (Å²) in [6, 6.07) is 0. The Bertz CT molecular complexity index is 110. The topological polar surface area (TPSA) is 29.5 Å². The number of unbranched alkanes of at least 4 members (excludes halogenated alkanes) is 5. The van der Waals surface area contributed by atoms with Gasteiger partial charge >= 0.3 is 8.56 Å². The van der Waals surface area contributed by atoms with Crippen LogP contribution in [0.15, 0.2) is 0 Å². The minimum atomic E-state index is -2.23. The second-order valence-corrected chi connectivity index (χ2v) is 7.25. The summed E-state index contributed by atoms with van der Waals surface area (Å²) in [6.45, 7) is 6.58. The van der Waals surface area contributed by atoms with Crippen LogP contribution in [-0.4, -0.2) is 20.0 Å². The molecule has 0 aromatic heterocycles. The van der Waals surface area contributed by atoms with Crippen molar-refractivity contribution < 1.29 is 9.22 Å². The van der Waals surface area contributed by atoms with Gasteiger partial charge in [0.05, 0.1) is 0 Å². The Kier molecular flexibility index (Phi) is 7.61. The third-order valence-electron chi connectivity index (χ3n) is 1.95. The lowest BCUT2D eigenvalue weighted by atomic mass is 10.1. The fraction of sp³-hybridized carbons (Fsp3) is 1.00. The van der Waals surface area contributed by atoms with Crippen LogP contribution in [0.5, 0.6) is 0 Å². The Labute approximate surface area is 83.6 Å². The van der Waals surface area contributed by atoms with E-state index in [9.17, 15) is 4.80 Å². The van der Waals surface area contributed by atoms with Gasteiger partial charge in [-0.2, -0.15) is 0 Å². The van der Waals surface area contributed by atoms with Crippen LogP contribution in [0.4, 0.5) is 0 Å². The standard InChI is InChI=1S/C10H24O2Si/c1-4-5-6-7-8-9-10-12-13(2,3)11/h11H,4-10H2,1-3H3. The van der Waals surface area contributed by atoms with Gasteiger partial charge in [-0.1, -0.05) is 39.0 Å². The molecule has 0 bridgehead atoms. The van der Waals surface area contributed by atoms with Gasteiger partial charge in [0.2, 0.25) is 0 Å². The Morgan fingerprint density at radius 3 is 2.08 bits per heavy atom. The van der Waals surface area contributed by atoms with Crippen molar-refractivity contribution in [1.29, 1.82) is 0 Å². The first-order valence-corrected chi connectivity index (χ1v) is 8.28. The van der Waals surface area contributed by atoms with Crippen LogP contribution in [0.25, 0.3) is 0 Å². The maximum Gasteiger partial charge on any atom is 0.329 e. The zero-order valence-corrected chi connectivity index (χ0v) is 10.3. The molecule has 2 nitrogen and oxygen atoms in total. The van der Waals surface area contributed by atoms with Crippen molar-refractivity contribution in [3.05, 3.63) is 0 Å². The van der Waals surface area contributed by atoms with E-state index >= 15 is 0 Å². The van der Waals surface area contributed by atoms with E-state index in [0.29, 0.717) is 0 Å². The summed E-state index contributed by atoms with van der Waals surface area (Å²) in [7, 11) is -2.23. The highest BCUT2D eigenvalue weighted by Crippen LogP contribution is 2.06. The Morgan fingerprint density at radius 2 is 1.54 bits per heavy atom. The van der Waals surface area contributed by atoms with Gasteiger partial charge in [-0.25, -0.2) is 0 Å². The summed E-state index contributed by atoms with van der Waals surface area (Å²) in [5.41, 5.74) is 0. The molecule has 13 heavy (non-hydrogen) atoms. The van der Waals surface area contributed by atoms with Crippen LogP contribution in [0, 0.1) is 0 Å². The van der Waals surface area contributed by atoms with Gasteiger partial charge in [-0.15, -0.1) is 0 Å². The molecule has 0 saturated carbocycles. The Hall–Kier alpha value is 0.137. The molecule has 0 fully saturated rings. The molecule has 0 spiro atoms. The van der Waals surface area contributed by atoms with E-state index in [0.717, 1.165) is 13.0 Å². The molecule has 0 aliphatic heterocycles. The largest absolute Gasteiger partial charge is 0.411 e. The second-order valence-electron chi connectivity index (χ2n) is 4.06. The molecule has 0 aromatic carbocycles. The number of hydrogen-bond acceptors (Lipinski definition) is 2. The number of rotatable bonds is 8. The average Bonchev–Trinajstić information content (AvgIpc) is 2.01. The first-order valence-electron chi connectivity index (χ1n) is 5.42. The maximum atomic E-state index is 9.38. The molecule has 0 unspecified atom stereocenters. The molecule has 0 aliphatic carbocycles. The highest BCUT2D eigenvalue weighted by molar-refractivity contribution is 6.63. The predicted molar refractivity (Wildman–Crippen MR) is 59.0 cm³/mol. The Morgan fingerprint density at radius 1 is 1.00 bits per heavy atom. The molecule has 0 rings (SSSR count). The van der Waals surface area contributed by atoms with E-state index in [-0.39, 0.29) is 0 Å². The smallest absolute Gasteiger partial charge is 0.329 e. The van der Waals surface area contributed by atoms with E-state index in [1.165, 1.54) is 32.1 Å². The fourth-order valence-corrected chi connectivity index (χ4v) is 1.85. The average molecular weight is 204 g/mol. The zero-order valence-electron chi connectivity index (χ0n) is 9.31. The van der Waals surface area contributed by atoms with Crippen molar-refractivity contribution in [2.45, 2.75) is 58.5 Å². The van der Waals surface area contributed by atoms with Gasteiger partial charge in [0.1, 0.15) is 0 Å². The molecule has 0 aromatic rings. The van der Waals surface area contributed by atoms with Crippen molar-refractivity contribution in [2.24, 2.45) is 0 Å². The van der Waals surface area contributed by atoms with E-state index in [1.54, 1.807) is 0 Å². The zero-order chi connectivity index (χ0) is 10.2. The third-order valence-corrected chi connectivity index (χ3v) is 2.86. The summed E-state index contributed by atoms with van der Waals surface area (Å²) < 4.78 is 5.33. The molecular formula is C10H24O2Si. The summed E-state index contributed by atoms with van der Waals surface area (Å²) >= 11 is 0. The second kappa shape index (κ2) is 7.53. The van der Waals surface area contributed by atoms with Crippen LogP contribution in [-0.2, 0) is 4.43 Å². The summed E-state index contributed by atoms with van der Waals surface area (Å²) in [5, 5.41) is 0. The Balaban J connectivity index is 3.00. The monoisotopic (exact) mass is 204 g/mol. The van der Waals surface area contributed by atoms with Gasteiger partial charge < -0.3 is 9.22 Å². The first kappa shape index (κ1) is 13.1.